The molecule has 0 spiro atoms. The molecule has 3 atom stereocenters. The largest absolute Gasteiger partial charge is 0.497 e. The average molecular weight is 396 g/mol. The quantitative estimate of drug-likeness (QED) is 0.715. The van der Waals surface area contributed by atoms with E-state index in [1.807, 2.05) is 47.4 Å². The first-order valence-corrected chi connectivity index (χ1v) is 10.2. The molecule has 4 rings (SSSR count). The van der Waals surface area contributed by atoms with Crippen molar-refractivity contribution in [2.24, 2.45) is 11.8 Å². The lowest BCUT2D eigenvalue weighted by Gasteiger charge is -2.36. The van der Waals surface area contributed by atoms with E-state index < -0.39 is 6.10 Å². The zero-order chi connectivity index (χ0) is 20.2. The van der Waals surface area contributed by atoms with E-state index >= 15 is 0 Å². The number of piperidine rings is 1. The average Bonchev–Trinajstić information content (AvgIpc) is 3.29. The third kappa shape index (κ3) is 4.27. The molecule has 2 aliphatic rings. The number of likely N-dealkylation sites (tertiary alicyclic amines) is 1. The number of aliphatic hydroxyl groups excluding tert-OH is 1. The van der Waals surface area contributed by atoms with Gasteiger partial charge in [-0.2, -0.15) is 0 Å². The van der Waals surface area contributed by atoms with Gasteiger partial charge in [-0.3, -0.25) is 15.2 Å². The highest BCUT2D eigenvalue weighted by Crippen LogP contribution is 2.33. The molecule has 2 saturated heterocycles. The Morgan fingerprint density at radius 2 is 2.07 bits per heavy atom. The lowest BCUT2D eigenvalue weighted by atomic mass is 9.87. The second-order valence-corrected chi connectivity index (χ2v) is 7.75. The van der Waals surface area contributed by atoms with Crippen molar-refractivity contribution in [3.8, 4) is 5.75 Å². The van der Waals surface area contributed by atoms with Gasteiger partial charge in [0.1, 0.15) is 5.75 Å². The number of pyridine rings is 1. The fraction of sp³-hybridized carbons (Fsp3) is 0.455. The molecule has 0 saturated carbocycles. The van der Waals surface area contributed by atoms with Crippen LogP contribution in [0.3, 0.4) is 0 Å². The molecule has 2 aromatic rings. The van der Waals surface area contributed by atoms with Crippen LogP contribution in [0.15, 0.2) is 48.7 Å². The van der Waals surface area contributed by atoms with Crippen molar-refractivity contribution in [1.82, 2.24) is 20.7 Å². The molecule has 1 aromatic carbocycles. The van der Waals surface area contributed by atoms with E-state index in [4.69, 9.17) is 4.74 Å². The lowest BCUT2D eigenvalue weighted by molar-refractivity contribution is -0.137. The molecular formula is C22H28N4O3. The smallest absolute Gasteiger partial charge is 0.229 e. The van der Waals surface area contributed by atoms with Crippen LogP contribution in [0.2, 0.25) is 0 Å². The Morgan fingerprint density at radius 3 is 2.79 bits per heavy atom. The third-order valence-corrected chi connectivity index (χ3v) is 6.04. The van der Waals surface area contributed by atoms with Gasteiger partial charge in [0.05, 0.1) is 30.9 Å². The van der Waals surface area contributed by atoms with Crippen LogP contribution in [0.4, 0.5) is 0 Å². The Balaban J connectivity index is 1.38. The van der Waals surface area contributed by atoms with E-state index in [9.17, 15) is 9.90 Å². The summed E-state index contributed by atoms with van der Waals surface area (Å²) in [5.74, 6) is 0.898. The topological polar surface area (TPSA) is 86.7 Å². The SMILES string of the molecule is COc1cccc(C2NNCC2C(=O)N2CCC(C(O)c3ccccn3)CC2)c1. The zero-order valence-corrected chi connectivity index (χ0v) is 16.6. The third-order valence-electron chi connectivity index (χ3n) is 6.04. The number of carbonyl (C=O) groups is 1. The highest BCUT2D eigenvalue weighted by atomic mass is 16.5. The minimum atomic E-state index is -0.576. The Morgan fingerprint density at radius 1 is 1.24 bits per heavy atom. The highest BCUT2D eigenvalue weighted by Gasteiger charge is 2.38. The van der Waals surface area contributed by atoms with Crippen LogP contribution in [0.25, 0.3) is 0 Å². The molecule has 0 aliphatic carbocycles. The number of hydrazine groups is 1. The number of nitrogens with zero attached hydrogens (tertiary/aromatic N) is 2. The Bertz CT molecular complexity index is 824. The van der Waals surface area contributed by atoms with Crippen LogP contribution in [0.1, 0.15) is 36.2 Å². The number of ether oxygens (including phenoxy) is 1. The van der Waals surface area contributed by atoms with Gasteiger partial charge in [0.2, 0.25) is 5.91 Å². The number of carbonyl (C=O) groups excluding carboxylic acids is 1. The van der Waals surface area contributed by atoms with E-state index in [0.717, 1.165) is 24.2 Å². The summed E-state index contributed by atoms with van der Waals surface area (Å²) in [7, 11) is 1.64. The number of aromatic nitrogens is 1. The summed E-state index contributed by atoms with van der Waals surface area (Å²) in [4.78, 5) is 19.4. The van der Waals surface area contributed by atoms with Crippen molar-refractivity contribution in [3.05, 3.63) is 59.9 Å². The maximum Gasteiger partial charge on any atom is 0.229 e. The molecule has 7 heteroatoms. The molecule has 0 radical (unpaired) electrons. The second-order valence-electron chi connectivity index (χ2n) is 7.75. The second kappa shape index (κ2) is 8.90. The Labute approximate surface area is 171 Å². The molecule has 3 N–H and O–H groups in total. The van der Waals surface area contributed by atoms with Crippen LogP contribution in [0.5, 0.6) is 5.75 Å². The number of nitrogens with one attached hydrogen (secondary N) is 2. The number of methoxy groups -OCH3 is 1. The van der Waals surface area contributed by atoms with E-state index in [-0.39, 0.29) is 23.8 Å². The highest BCUT2D eigenvalue weighted by molar-refractivity contribution is 5.80. The molecule has 154 valence electrons. The van der Waals surface area contributed by atoms with Crippen molar-refractivity contribution in [2.45, 2.75) is 25.0 Å². The Kier molecular flexibility index (Phi) is 6.08. The number of amides is 1. The fourth-order valence-electron chi connectivity index (χ4n) is 4.34. The van der Waals surface area contributed by atoms with Crippen molar-refractivity contribution in [1.29, 1.82) is 0 Å². The van der Waals surface area contributed by atoms with Crippen LogP contribution >= 0.6 is 0 Å². The van der Waals surface area contributed by atoms with Crippen LogP contribution < -0.4 is 15.6 Å². The van der Waals surface area contributed by atoms with Gasteiger partial charge in [-0.05, 0) is 48.6 Å². The first-order valence-electron chi connectivity index (χ1n) is 10.2. The molecule has 3 unspecified atom stereocenters. The maximum absolute atomic E-state index is 13.2. The summed E-state index contributed by atoms with van der Waals surface area (Å²) in [5.41, 5.74) is 8.13. The molecule has 2 aliphatic heterocycles. The predicted molar refractivity (Wildman–Crippen MR) is 109 cm³/mol. The summed E-state index contributed by atoms with van der Waals surface area (Å²) in [6.45, 7) is 1.92. The molecule has 3 heterocycles. The summed E-state index contributed by atoms with van der Waals surface area (Å²) in [6, 6.07) is 13.3. The minimum Gasteiger partial charge on any atom is -0.497 e. The molecule has 1 amide bonds. The number of rotatable bonds is 5. The van der Waals surface area contributed by atoms with Crippen molar-refractivity contribution >= 4 is 5.91 Å². The van der Waals surface area contributed by atoms with Gasteiger partial charge < -0.3 is 14.7 Å². The van der Waals surface area contributed by atoms with Gasteiger partial charge in [-0.15, -0.1) is 0 Å². The number of hydrogen-bond acceptors (Lipinski definition) is 6. The summed E-state index contributed by atoms with van der Waals surface area (Å²) in [5, 5.41) is 10.6. The van der Waals surface area contributed by atoms with Crippen LogP contribution in [0, 0.1) is 11.8 Å². The van der Waals surface area contributed by atoms with E-state index in [1.54, 1.807) is 13.3 Å². The summed E-state index contributed by atoms with van der Waals surface area (Å²) < 4.78 is 5.32. The molecular weight excluding hydrogens is 368 g/mol. The van der Waals surface area contributed by atoms with Crippen molar-refractivity contribution < 1.29 is 14.6 Å². The zero-order valence-electron chi connectivity index (χ0n) is 16.6. The number of hydrogen-bond donors (Lipinski definition) is 3. The monoisotopic (exact) mass is 396 g/mol. The van der Waals surface area contributed by atoms with Gasteiger partial charge in [-0.1, -0.05) is 18.2 Å². The standard InChI is InChI=1S/C22H28N4O3/c1-29-17-6-4-5-16(13-17)20-18(14-24-25-20)22(28)26-11-8-15(9-12-26)21(27)19-7-2-3-10-23-19/h2-7,10,13,15,18,20-21,24-25,27H,8-9,11-12,14H2,1H3. The van der Waals surface area contributed by atoms with Gasteiger partial charge >= 0.3 is 0 Å². The van der Waals surface area contributed by atoms with E-state index in [0.29, 0.717) is 25.3 Å². The molecule has 7 nitrogen and oxygen atoms in total. The first kappa shape index (κ1) is 19.8. The van der Waals surface area contributed by atoms with Gasteiger partial charge in [-0.25, -0.2) is 5.43 Å². The lowest BCUT2D eigenvalue weighted by Crippen LogP contribution is -2.44. The van der Waals surface area contributed by atoms with E-state index in [1.165, 1.54) is 0 Å². The Hall–Kier alpha value is -2.48. The van der Waals surface area contributed by atoms with E-state index in [2.05, 4.69) is 15.8 Å². The predicted octanol–water partition coefficient (Wildman–Crippen LogP) is 1.83. The molecule has 2 fully saturated rings. The molecule has 0 bridgehead atoms. The molecule has 29 heavy (non-hydrogen) atoms. The van der Waals surface area contributed by atoms with Gasteiger partial charge in [0, 0.05) is 25.8 Å². The summed E-state index contributed by atoms with van der Waals surface area (Å²) in [6.07, 6.45) is 2.69. The summed E-state index contributed by atoms with van der Waals surface area (Å²) >= 11 is 0. The van der Waals surface area contributed by atoms with Crippen molar-refractivity contribution in [2.75, 3.05) is 26.7 Å². The van der Waals surface area contributed by atoms with Crippen LogP contribution in [-0.2, 0) is 4.79 Å². The fourth-order valence-corrected chi connectivity index (χ4v) is 4.34. The van der Waals surface area contributed by atoms with Gasteiger partial charge in [0.15, 0.2) is 0 Å². The minimum absolute atomic E-state index is 0.0885. The van der Waals surface area contributed by atoms with Gasteiger partial charge in [0.25, 0.3) is 0 Å². The first-order chi connectivity index (χ1) is 14.2. The number of benzene rings is 1. The number of aliphatic hydroxyl groups is 1. The van der Waals surface area contributed by atoms with Crippen LogP contribution in [-0.4, -0.2) is 47.6 Å². The maximum atomic E-state index is 13.2. The molecule has 1 aromatic heterocycles. The normalized spacial score (nSPS) is 23.7. The van der Waals surface area contributed by atoms with Crippen molar-refractivity contribution in [3.63, 3.8) is 0 Å².